The molecule has 0 aliphatic carbocycles. The zero-order valence-corrected chi connectivity index (χ0v) is 11.8. The Labute approximate surface area is 122 Å². The SMILES string of the molecule is CC(=O)SCCC(O)C(O)c1cc(F)c([N+](=O)[O-])cc1F. The molecule has 1 rings (SSSR count). The molecule has 2 atom stereocenters. The Morgan fingerprint density at radius 2 is 2.00 bits per heavy atom. The third-order valence-corrected chi connectivity index (χ3v) is 3.51. The third-order valence-electron chi connectivity index (χ3n) is 2.66. The lowest BCUT2D eigenvalue weighted by molar-refractivity contribution is -0.387. The number of nitro benzene ring substituents is 1. The van der Waals surface area contributed by atoms with Gasteiger partial charge in [0.1, 0.15) is 11.9 Å². The van der Waals surface area contributed by atoms with Gasteiger partial charge in [0.2, 0.25) is 5.82 Å². The van der Waals surface area contributed by atoms with Crippen LogP contribution >= 0.6 is 11.8 Å². The third kappa shape index (κ3) is 4.73. The molecule has 1 aromatic rings. The summed E-state index contributed by atoms with van der Waals surface area (Å²) in [5, 5.41) is 29.7. The number of hydrogen-bond donors (Lipinski definition) is 2. The maximum Gasteiger partial charge on any atom is 0.307 e. The Kier molecular flexibility index (Phi) is 6.19. The van der Waals surface area contributed by atoms with E-state index in [1.807, 2.05) is 0 Å². The zero-order valence-electron chi connectivity index (χ0n) is 11.0. The van der Waals surface area contributed by atoms with Crippen molar-refractivity contribution in [1.29, 1.82) is 0 Å². The second-order valence-corrected chi connectivity index (χ2v) is 5.49. The quantitative estimate of drug-likeness (QED) is 0.613. The minimum Gasteiger partial charge on any atom is -0.390 e. The van der Waals surface area contributed by atoms with E-state index in [0.29, 0.717) is 12.1 Å². The maximum absolute atomic E-state index is 13.7. The van der Waals surface area contributed by atoms with Crippen molar-refractivity contribution in [1.82, 2.24) is 0 Å². The molecule has 0 amide bonds. The van der Waals surface area contributed by atoms with Crippen molar-refractivity contribution in [3.8, 4) is 0 Å². The summed E-state index contributed by atoms with van der Waals surface area (Å²) in [6.07, 6.45) is -3.19. The number of carbonyl (C=O) groups is 1. The largest absolute Gasteiger partial charge is 0.390 e. The van der Waals surface area contributed by atoms with Crippen LogP contribution in [0.15, 0.2) is 12.1 Å². The van der Waals surface area contributed by atoms with Crippen LogP contribution in [0.3, 0.4) is 0 Å². The number of nitrogens with zero attached hydrogens (tertiary/aromatic N) is 1. The monoisotopic (exact) mass is 321 g/mol. The summed E-state index contributed by atoms with van der Waals surface area (Å²) in [5.41, 5.74) is -1.62. The van der Waals surface area contributed by atoms with Gasteiger partial charge in [-0.15, -0.1) is 0 Å². The lowest BCUT2D eigenvalue weighted by atomic mass is 10.0. The summed E-state index contributed by atoms with van der Waals surface area (Å²) < 4.78 is 27.1. The smallest absolute Gasteiger partial charge is 0.307 e. The number of carbonyl (C=O) groups excluding carboxylic acids is 1. The number of rotatable bonds is 6. The minimum absolute atomic E-state index is 0.0243. The van der Waals surface area contributed by atoms with E-state index in [-0.39, 0.29) is 17.3 Å². The number of thioether (sulfide) groups is 1. The van der Waals surface area contributed by atoms with E-state index < -0.39 is 40.0 Å². The molecule has 0 heterocycles. The second kappa shape index (κ2) is 7.43. The fourth-order valence-electron chi connectivity index (χ4n) is 1.61. The summed E-state index contributed by atoms with van der Waals surface area (Å²) in [7, 11) is 0. The molecule has 2 N–H and O–H groups in total. The maximum atomic E-state index is 13.7. The van der Waals surface area contributed by atoms with Crippen molar-refractivity contribution in [2.75, 3.05) is 5.75 Å². The molecule has 6 nitrogen and oxygen atoms in total. The first-order chi connectivity index (χ1) is 9.73. The summed E-state index contributed by atoms with van der Waals surface area (Å²) in [4.78, 5) is 20.1. The van der Waals surface area contributed by atoms with Crippen LogP contribution in [0.4, 0.5) is 14.5 Å². The molecule has 21 heavy (non-hydrogen) atoms. The number of aliphatic hydroxyl groups is 2. The van der Waals surface area contributed by atoms with Crippen LogP contribution in [0.2, 0.25) is 0 Å². The molecule has 2 unspecified atom stereocenters. The predicted octanol–water partition coefficient (Wildman–Crippen LogP) is 1.94. The summed E-state index contributed by atoms with van der Waals surface area (Å²) in [6.45, 7) is 1.33. The molecule has 0 spiro atoms. The molecule has 116 valence electrons. The van der Waals surface area contributed by atoms with Crippen molar-refractivity contribution in [3.05, 3.63) is 39.4 Å². The highest BCUT2D eigenvalue weighted by atomic mass is 32.2. The van der Waals surface area contributed by atoms with Crippen LogP contribution in [0.1, 0.15) is 25.0 Å². The molecule has 0 bridgehead atoms. The second-order valence-electron chi connectivity index (χ2n) is 4.22. The van der Waals surface area contributed by atoms with Crippen molar-refractivity contribution in [2.24, 2.45) is 0 Å². The highest BCUT2D eigenvalue weighted by molar-refractivity contribution is 8.13. The fraction of sp³-hybridized carbons (Fsp3) is 0.417. The molecule has 0 saturated carbocycles. The van der Waals surface area contributed by atoms with E-state index in [4.69, 9.17) is 0 Å². The van der Waals surface area contributed by atoms with E-state index in [1.54, 1.807) is 0 Å². The molecule has 0 aliphatic heterocycles. The highest BCUT2D eigenvalue weighted by Gasteiger charge is 2.26. The predicted molar refractivity (Wildman–Crippen MR) is 71.7 cm³/mol. The summed E-state index contributed by atoms with van der Waals surface area (Å²) in [6, 6.07) is 0.838. The lowest BCUT2D eigenvalue weighted by Crippen LogP contribution is -2.20. The van der Waals surface area contributed by atoms with Crippen LogP contribution < -0.4 is 0 Å². The average Bonchev–Trinajstić information content (AvgIpc) is 2.39. The van der Waals surface area contributed by atoms with Crippen LogP contribution in [-0.4, -0.2) is 32.1 Å². The van der Waals surface area contributed by atoms with Gasteiger partial charge in [-0.2, -0.15) is 4.39 Å². The van der Waals surface area contributed by atoms with E-state index in [2.05, 4.69) is 0 Å². The van der Waals surface area contributed by atoms with Crippen LogP contribution in [0, 0.1) is 21.7 Å². The van der Waals surface area contributed by atoms with Gasteiger partial charge >= 0.3 is 5.69 Å². The average molecular weight is 321 g/mol. The molecular weight excluding hydrogens is 308 g/mol. The zero-order chi connectivity index (χ0) is 16.2. The lowest BCUT2D eigenvalue weighted by Gasteiger charge is -2.18. The highest BCUT2D eigenvalue weighted by Crippen LogP contribution is 2.28. The first-order valence-corrected chi connectivity index (χ1v) is 6.85. The van der Waals surface area contributed by atoms with Gasteiger partial charge < -0.3 is 10.2 Å². The van der Waals surface area contributed by atoms with Gasteiger partial charge in [0.25, 0.3) is 0 Å². The fourth-order valence-corrected chi connectivity index (χ4v) is 2.25. The number of nitro groups is 1. The van der Waals surface area contributed by atoms with Crippen molar-refractivity contribution in [2.45, 2.75) is 25.6 Å². The molecule has 0 aliphatic rings. The molecular formula is C12H13F2NO5S. The van der Waals surface area contributed by atoms with E-state index in [0.717, 1.165) is 11.8 Å². The number of hydrogen-bond acceptors (Lipinski definition) is 6. The van der Waals surface area contributed by atoms with Gasteiger partial charge in [-0.3, -0.25) is 14.9 Å². The standard InChI is InChI=1S/C12H13F2NO5S/c1-6(16)21-3-2-11(17)12(18)7-4-9(14)10(15(19)20)5-8(7)13/h4-5,11-12,17-18H,2-3H2,1H3. The first kappa shape index (κ1) is 17.5. The molecule has 0 saturated heterocycles. The molecule has 0 aromatic heterocycles. The molecule has 9 heteroatoms. The Hall–Kier alpha value is -1.58. The molecule has 1 aromatic carbocycles. The Balaban J connectivity index is 2.87. The van der Waals surface area contributed by atoms with Gasteiger partial charge in [0.05, 0.1) is 17.1 Å². The van der Waals surface area contributed by atoms with Crippen molar-refractivity contribution < 1.29 is 28.7 Å². The first-order valence-electron chi connectivity index (χ1n) is 5.86. The van der Waals surface area contributed by atoms with E-state index in [9.17, 15) is 33.9 Å². The van der Waals surface area contributed by atoms with Crippen molar-refractivity contribution in [3.63, 3.8) is 0 Å². The molecule has 0 fully saturated rings. The number of benzene rings is 1. The van der Waals surface area contributed by atoms with Gasteiger partial charge in [-0.05, 0) is 12.5 Å². The Bertz CT molecular complexity index is 555. The van der Waals surface area contributed by atoms with Gasteiger partial charge in [-0.25, -0.2) is 4.39 Å². The van der Waals surface area contributed by atoms with Gasteiger partial charge in [0.15, 0.2) is 5.12 Å². The van der Waals surface area contributed by atoms with E-state index in [1.165, 1.54) is 6.92 Å². The normalized spacial score (nSPS) is 13.8. The number of halogens is 2. The van der Waals surface area contributed by atoms with Crippen LogP contribution in [0.25, 0.3) is 0 Å². The van der Waals surface area contributed by atoms with E-state index >= 15 is 0 Å². The topological polar surface area (TPSA) is 101 Å². The summed E-state index contributed by atoms with van der Waals surface area (Å²) >= 11 is 0.919. The Morgan fingerprint density at radius 3 is 2.52 bits per heavy atom. The van der Waals surface area contributed by atoms with Gasteiger partial charge in [-0.1, -0.05) is 11.8 Å². The number of aliphatic hydroxyl groups excluding tert-OH is 2. The molecule has 0 radical (unpaired) electrons. The minimum atomic E-state index is -1.74. The summed E-state index contributed by atoms with van der Waals surface area (Å²) in [5.74, 6) is -2.29. The van der Waals surface area contributed by atoms with Gasteiger partial charge in [0, 0.05) is 18.2 Å². The van der Waals surface area contributed by atoms with Crippen molar-refractivity contribution >= 4 is 22.6 Å². The Morgan fingerprint density at radius 1 is 1.38 bits per heavy atom. The van der Waals surface area contributed by atoms with Crippen LogP contribution in [-0.2, 0) is 4.79 Å². The van der Waals surface area contributed by atoms with Crippen LogP contribution in [0.5, 0.6) is 0 Å².